The molecule has 1 amide bonds. The van der Waals surface area contributed by atoms with E-state index in [9.17, 15) is 13.2 Å². The van der Waals surface area contributed by atoms with Gasteiger partial charge in [-0.25, -0.2) is 8.42 Å². The van der Waals surface area contributed by atoms with Gasteiger partial charge < -0.3 is 5.32 Å². The second kappa shape index (κ2) is 8.68. The molecule has 0 fully saturated rings. The van der Waals surface area contributed by atoms with Crippen LogP contribution in [0, 0.1) is 6.92 Å². The van der Waals surface area contributed by atoms with Crippen LogP contribution in [0.25, 0.3) is 0 Å². The first-order valence-electron chi connectivity index (χ1n) is 8.96. The first-order valence-corrected chi connectivity index (χ1v) is 10.8. The summed E-state index contributed by atoms with van der Waals surface area (Å²) in [5.41, 5.74) is 2.60. The first kappa shape index (κ1) is 20.9. The molecule has 3 rings (SSSR count). The zero-order valence-electron chi connectivity index (χ0n) is 16.1. The largest absolute Gasteiger partial charge is 0.348 e. The number of carbonyl (C=O) groups is 1. The van der Waals surface area contributed by atoms with Crippen LogP contribution in [-0.2, 0) is 16.6 Å². The van der Waals surface area contributed by atoms with E-state index in [2.05, 4.69) is 5.32 Å². The number of amides is 1. The van der Waals surface area contributed by atoms with Crippen LogP contribution in [0.4, 0.5) is 5.69 Å². The van der Waals surface area contributed by atoms with Crippen LogP contribution >= 0.6 is 11.6 Å². The molecule has 3 aromatic carbocycles. The Morgan fingerprint density at radius 3 is 2.38 bits per heavy atom. The second-order valence-corrected chi connectivity index (χ2v) is 9.00. The summed E-state index contributed by atoms with van der Waals surface area (Å²) in [6.45, 7) is 2.16. The Kier molecular flexibility index (Phi) is 6.25. The monoisotopic (exact) mass is 428 g/mol. The van der Waals surface area contributed by atoms with Crippen LogP contribution in [0.15, 0.2) is 77.7 Å². The van der Waals surface area contributed by atoms with E-state index in [1.807, 2.05) is 31.2 Å². The number of para-hydroxylation sites is 1. The predicted molar refractivity (Wildman–Crippen MR) is 116 cm³/mol. The lowest BCUT2D eigenvalue weighted by atomic mass is 10.2. The van der Waals surface area contributed by atoms with Gasteiger partial charge in [-0.2, -0.15) is 0 Å². The third-order valence-corrected chi connectivity index (χ3v) is 6.60. The number of rotatable bonds is 6. The third kappa shape index (κ3) is 4.78. The summed E-state index contributed by atoms with van der Waals surface area (Å²) >= 11 is 5.86. The molecule has 0 heterocycles. The molecule has 1 N–H and O–H groups in total. The normalized spacial score (nSPS) is 11.1. The van der Waals surface area contributed by atoms with E-state index in [0.717, 1.165) is 11.1 Å². The van der Waals surface area contributed by atoms with Gasteiger partial charge in [-0.3, -0.25) is 9.10 Å². The van der Waals surface area contributed by atoms with Crippen molar-refractivity contribution in [2.45, 2.75) is 18.4 Å². The summed E-state index contributed by atoms with van der Waals surface area (Å²) < 4.78 is 27.3. The van der Waals surface area contributed by atoms with Crippen molar-refractivity contribution in [3.63, 3.8) is 0 Å². The number of benzene rings is 3. The van der Waals surface area contributed by atoms with Crippen molar-refractivity contribution in [3.8, 4) is 0 Å². The molecule has 5 nitrogen and oxygen atoms in total. The molecule has 0 saturated heterocycles. The minimum absolute atomic E-state index is 0.0578. The van der Waals surface area contributed by atoms with Gasteiger partial charge in [0.25, 0.3) is 15.9 Å². The number of nitrogens with zero attached hydrogens (tertiary/aromatic N) is 1. The van der Waals surface area contributed by atoms with Crippen molar-refractivity contribution in [2.24, 2.45) is 0 Å². The number of halogens is 1. The standard InChI is InChI=1S/C22H21ClN2O3S/c1-16-6-3-4-9-21(16)25(2)29(27,28)20-8-5-7-18(14-20)22(26)24-15-17-10-12-19(23)13-11-17/h3-14H,15H2,1-2H3,(H,24,26). The van der Waals surface area contributed by atoms with Gasteiger partial charge in [0.05, 0.1) is 10.6 Å². The van der Waals surface area contributed by atoms with Gasteiger partial charge in [-0.1, -0.05) is 48.0 Å². The van der Waals surface area contributed by atoms with E-state index >= 15 is 0 Å². The summed E-state index contributed by atoms with van der Waals surface area (Å²) in [4.78, 5) is 12.6. The fourth-order valence-electron chi connectivity index (χ4n) is 2.89. The van der Waals surface area contributed by atoms with Crippen molar-refractivity contribution >= 4 is 33.2 Å². The lowest BCUT2D eigenvalue weighted by Gasteiger charge is -2.21. The molecule has 0 unspecified atom stereocenters. The quantitative estimate of drug-likeness (QED) is 0.632. The predicted octanol–water partition coefficient (Wildman–Crippen LogP) is 4.40. The Hall–Kier alpha value is -2.83. The molecule has 7 heteroatoms. The van der Waals surface area contributed by atoms with E-state index in [1.165, 1.54) is 23.5 Å². The Morgan fingerprint density at radius 2 is 1.69 bits per heavy atom. The average molecular weight is 429 g/mol. The summed E-state index contributed by atoms with van der Waals surface area (Å²) in [5, 5.41) is 3.41. The molecule has 0 aliphatic rings. The molecular weight excluding hydrogens is 408 g/mol. The van der Waals surface area contributed by atoms with E-state index in [-0.39, 0.29) is 16.4 Å². The number of carbonyl (C=O) groups excluding carboxylic acids is 1. The molecule has 0 spiro atoms. The number of nitrogens with one attached hydrogen (secondary N) is 1. The van der Waals surface area contributed by atoms with Crippen molar-refractivity contribution in [3.05, 3.63) is 94.5 Å². The van der Waals surface area contributed by atoms with Crippen LogP contribution in [0.1, 0.15) is 21.5 Å². The highest BCUT2D eigenvalue weighted by Crippen LogP contribution is 2.25. The van der Waals surface area contributed by atoms with Crippen LogP contribution in [0.3, 0.4) is 0 Å². The Labute approximate surface area is 176 Å². The Morgan fingerprint density at radius 1 is 1.00 bits per heavy atom. The smallest absolute Gasteiger partial charge is 0.264 e. The van der Waals surface area contributed by atoms with Crippen LogP contribution in [0.2, 0.25) is 5.02 Å². The Balaban J connectivity index is 1.80. The van der Waals surface area contributed by atoms with E-state index in [1.54, 1.807) is 36.4 Å². The molecule has 3 aromatic rings. The molecule has 0 aliphatic heterocycles. The molecule has 0 saturated carbocycles. The third-order valence-electron chi connectivity index (χ3n) is 4.58. The number of anilines is 1. The van der Waals surface area contributed by atoms with Crippen LogP contribution in [-0.4, -0.2) is 21.4 Å². The molecule has 0 aromatic heterocycles. The minimum Gasteiger partial charge on any atom is -0.348 e. The molecule has 0 atom stereocenters. The van der Waals surface area contributed by atoms with Gasteiger partial charge in [0, 0.05) is 24.2 Å². The molecule has 0 aliphatic carbocycles. The highest BCUT2D eigenvalue weighted by Gasteiger charge is 2.23. The molecule has 150 valence electrons. The number of hydrogen-bond acceptors (Lipinski definition) is 3. The van der Waals surface area contributed by atoms with Gasteiger partial charge in [0.1, 0.15) is 0 Å². The maximum atomic E-state index is 13.1. The molecular formula is C22H21ClN2O3S. The highest BCUT2D eigenvalue weighted by atomic mass is 35.5. The average Bonchev–Trinajstić information content (AvgIpc) is 2.73. The summed E-state index contributed by atoms with van der Waals surface area (Å²) in [6.07, 6.45) is 0. The van der Waals surface area contributed by atoms with Gasteiger partial charge in [-0.15, -0.1) is 0 Å². The highest BCUT2D eigenvalue weighted by molar-refractivity contribution is 7.92. The van der Waals surface area contributed by atoms with E-state index < -0.39 is 10.0 Å². The lowest BCUT2D eigenvalue weighted by Crippen LogP contribution is -2.28. The fourth-order valence-corrected chi connectivity index (χ4v) is 4.32. The van der Waals surface area contributed by atoms with Crippen molar-refractivity contribution in [1.29, 1.82) is 0 Å². The van der Waals surface area contributed by atoms with Crippen molar-refractivity contribution in [1.82, 2.24) is 5.32 Å². The minimum atomic E-state index is -3.80. The zero-order chi connectivity index (χ0) is 21.0. The maximum Gasteiger partial charge on any atom is 0.264 e. The SMILES string of the molecule is Cc1ccccc1N(C)S(=O)(=O)c1cccc(C(=O)NCc2ccc(Cl)cc2)c1. The Bertz CT molecular complexity index is 1130. The second-order valence-electron chi connectivity index (χ2n) is 6.60. The molecule has 0 bridgehead atoms. The van der Waals surface area contributed by atoms with Gasteiger partial charge in [-0.05, 0) is 54.4 Å². The van der Waals surface area contributed by atoms with Crippen LogP contribution in [0.5, 0.6) is 0 Å². The lowest BCUT2D eigenvalue weighted by molar-refractivity contribution is 0.0950. The molecule has 29 heavy (non-hydrogen) atoms. The topological polar surface area (TPSA) is 66.5 Å². The summed E-state index contributed by atoms with van der Waals surface area (Å²) in [7, 11) is -2.30. The molecule has 0 radical (unpaired) electrons. The zero-order valence-corrected chi connectivity index (χ0v) is 17.7. The number of hydrogen-bond donors (Lipinski definition) is 1. The fraction of sp³-hybridized carbons (Fsp3) is 0.136. The van der Waals surface area contributed by atoms with Gasteiger partial charge in [0.2, 0.25) is 0 Å². The van der Waals surface area contributed by atoms with Gasteiger partial charge >= 0.3 is 0 Å². The summed E-state index contributed by atoms with van der Waals surface area (Å²) in [5.74, 6) is -0.351. The van der Waals surface area contributed by atoms with E-state index in [0.29, 0.717) is 17.3 Å². The van der Waals surface area contributed by atoms with Crippen molar-refractivity contribution in [2.75, 3.05) is 11.4 Å². The van der Waals surface area contributed by atoms with Crippen molar-refractivity contribution < 1.29 is 13.2 Å². The van der Waals surface area contributed by atoms with Gasteiger partial charge in [0.15, 0.2) is 0 Å². The number of aryl methyl sites for hydroxylation is 1. The number of sulfonamides is 1. The first-order chi connectivity index (χ1) is 13.8. The van der Waals surface area contributed by atoms with E-state index in [4.69, 9.17) is 11.6 Å². The summed E-state index contributed by atoms with van der Waals surface area (Å²) in [6, 6.07) is 20.4. The maximum absolute atomic E-state index is 13.1. The van der Waals surface area contributed by atoms with Crippen LogP contribution < -0.4 is 9.62 Å².